The first-order chi connectivity index (χ1) is 13.0. The van der Waals surface area contributed by atoms with Crippen LogP contribution in [0.25, 0.3) is 22.3 Å². The number of rotatable bonds is 6. The Morgan fingerprint density at radius 3 is 1.81 bits per heavy atom. The van der Waals surface area contributed by atoms with Gasteiger partial charge in [-0.15, -0.1) is 0 Å². The van der Waals surface area contributed by atoms with Crippen LogP contribution < -0.4 is 0 Å². The number of halogens is 4. The topological polar surface area (TPSA) is 0 Å². The maximum absolute atomic E-state index is 14.6. The lowest BCUT2D eigenvalue weighted by atomic mass is 9.97. The molecule has 4 heteroatoms. The van der Waals surface area contributed by atoms with Crippen molar-refractivity contribution in [2.45, 2.75) is 32.6 Å². The largest absolute Gasteiger partial charge is 0.204 e. The third-order valence-electron chi connectivity index (χ3n) is 4.65. The van der Waals surface area contributed by atoms with Gasteiger partial charge in [0.15, 0.2) is 23.3 Å². The lowest BCUT2D eigenvalue weighted by Crippen LogP contribution is -1.95. The van der Waals surface area contributed by atoms with Crippen molar-refractivity contribution in [1.29, 1.82) is 0 Å². The average molecular weight is 372 g/mol. The number of hydrogen-bond donors (Lipinski definition) is 0. The Hall–Kier alpha value is -2.62. The van der Waals surface area contributed by atoms with E-state index in [-0.39, 0.29) is 16.7 Å². The van der Waals surface area contributed by atoms with E-state index in [4.69, 9.17) is 0 Å². The Morgan fingerprint density at radius 2 is 1.22 bits per heavy atom. The molecule has 3 rings (SSSR count). The zero-order valence-electron chi connectivity index (χ0n) is 15.0. The van der Waals surface area contributed by atoms with Crippen molar-refractivity contribution in [1.82, 2.24) is 0 Å². The van der Waals surface area contributed by atoms with Crippen LogP contribution in [0.15, 0.2) is 54.6 Å². The van der Waals surface area contributed by atoms with Crippen LogP contribution in [0, 0.1) is 23.3 Å². The highest BCUT2D eigenvalue weighted by Gasteiger charge is 2.17. The van der Waals surface area contributed by atoms with Crippen molar-refractivity contribution in [2.24, 2.45) is 0 Å². The second-order valence-electron chi connectivity index (χ2n) is 6.57. The Labute approximate surface area is 156 Å². The molecule has 0 aromatic heterocycles. The first-order valence-electron chi connectivity index (χ1n) is 9.04. The Kier molecular flexibility index (Phi) is 5.94. The molecule has 0 nitrogen and oxygen atoms in total. The summed E-state index contributed by atoms with van der Waals surface area (Å²) in [7, 11) is 0. The Bertz CT molecular complexity index is 930. The van der Waals surface area contributed by atoms with E-state index in [1.165, 1.54) is 18.2 Å². The van der Waals surface area contributed by atoms with Crippen molar-refractivity contribution < 1.29 is 17.6 Å². The van der Waals surface area contributed by atoms with E-state index in [0.717, 1.165) is 43.4 Å². The summed E-state index contributed by atoms with van der Waals surface area (Å²) in [6, 6.07) is 13.2. The molecule has 0 heterocycles. The van der Waals surface area contributed by atoms with Crippen LogP contribution in [0.5, 0.6) is 0 Å². The van der Waals surface area contributed by atoms with Gasteiger partial charge in [0, 0.05) is 11.1 Å². The van der Waals surface area contributed by atoms with Gasteiger partial charge in [-0.2, -0.15) is 0 Å². The molecule has 140 valence electrons. The predicted octanol–water partition coefficient (Wildman–Crippen LogP) is 7.31. The summed E-state index contributed by atoms with van der Waals surface area (Å²) in [4.78, 5) is 0. The summed E-state index contributed by atoms with van der Waals surface area (Å²) < 4.78 is 55.6. The third-order valence-corrected chi connectivity index (χ3v) is 4.65. The van der Waals surface area contributed by atoms with E-state index in [2.05, 4.69) is 6.92 Å². The second-order valence-corrected chi connectivity index (χ2v) is 6.57. The highest BCUT2D eigenvalue weighted by molar-refractivity contribution is 5.72. The van der Waals surface area contributed by atoms with Crippen LogP contribution in [-0.4, -0.2) is 0 Å². The molecule has 3 aromatic carbocycles. The van der Waals surface area contributed by atoms with Gasteiger partial charge < -0.3 is 0 Å². The number of hydrogen-bond acceptors (Lipinski definition) is 0. The van der Waals surface area contributed by atoms with E-state index >= 15 is 0 Å². The molecule has 0 aliphatic rings. The molecule has 0 aliphatic heterocycles. The van der Waals surface area contributed by atoms with Crippen LogP contribution in [0.2, 0.25) is 0 Å². The molecular formula is C23H20F4. The maximum atomic E-state index is 14.6. The maximum Gasteiger partial charge on any atom is 0.167 e. The van der Waals surface area contributed by atoms with Crippen LogP contribution in [0.3, 0.4) is 0 Å². The van der Waals surface area contributed by atoms with Crippen molar-refractivity contribution in [3.8, 4) is 22.3 Å². The average Bonchev–Trinajstić information content (AvgIpc) is 2.67. The molecule has 0 spiro atoms. The first-order valence-corrected chi connectivity index (χ1v) is 9.04. The number of benzene rings is 3. The van der Waals surface area contributed by atoms with Crippen molar-refractivity contribution in [2.75, 3.05) is 0 Å². The van der Waals surface area contributed by atoms with Crippen molar-refractivity contribution in [3.05, 3.63) is 83.4 Å². The summed E-state index contributed by atoms with van der Waals surface area (Å²) in [5.74, 6) is -4.22. The van der Waals surface area contributed by atoms with E-state index in [1.807, 2.05) is 12.1 Å². The monoisotopic (exact) mass is 372 g/mol. The number of unbranched alkanes of at least 4 members (excludes halogenated alkanes) is 2. The molecule has 3 aromatic rings. The van der Waals surface area contributed by atoms with Gasteiger partial charge in [0.25, 0.3) is 0 Å². The van der Waals surface area contributed by atoms with Crippen LogP contribution in [0.4, 0.5) is 17.6 Å². The minimum Gasteiger partial charge on any atom is -0.204 e. The second kappa shape index (κ2) is 8.38. The van der Waals surface area contributed by atoms with Gasteiger partial charge in [-0.25, -0.2) is 17.6 Å². The molecule has 0 N–H and O–H groups in total. The molecule has 0 bridgehead atoms. The highest BCUT2D eigenvalue weighted by Crippen LogP contribution is 2.32. The molecule has 0 radical (unpaired) electrons. The summed E-state index contributed by atoms with van der Waals surface area (Å²) in [5.41, 5.74) is 1.85. The zero-order chi connectivity index (χ0) is 19.4. The summed E-state index contributed by atoms with van der Waals surface area (Å²) in [6.45, 7) is 2.14. The van der Waals surface area contributed by atoms with E-state index in [9.17, 15) is 17.6 Å². The molecular weight excluding hydrogens is 352 g/mol. The molecule has 0 saturated heterocycles. The quantitative estimate of drug-likeness (QED) is 0.314. The molecule has 0 saturated carbocycles. The highest BCUT2D eigenvalue weighted by atomic mass is 19.2. The molecule has 0 aliphatic carbocycles. The SMILES string of the molecule is CCCCCc1ccc(-c2ccc(-c3ccc(F)c(F)c3)c(F)c2F)cc1. The molecule has 0 unspecified atom stereocenters. The third kappa shape index (κ3) is 4.21. The smallest absolute Gasteiger partial charge is 0.167 e. The fraction of sp³-hybridized carbons (Fsp3) is 0.217. The van der Waals surface area contributed by atoms with Crippen molar-refractivity contribution >= 4 is 0 Å². The minimum atomic E-state index is -1.10. The summed E-state index contributed by atoms with van der Waals surface area (Å²) in [5, 5.41) is 0. The normalized spacial score (nSPS) is 11.0. The molecule has 0 atom stereocenters. The standard InChI is InChI=1S/C23H20F4/c1-2-3-4-5-15-6-8-16(9-7-15)18-11-12-19(23(27)22(18)26)17-10-13-20(24)21(25)14-17/h6-14H,2-5H2,1H3. The predicted molar refractivity (Wildman–Crippen MR) is 100 cm³/mol. The van der Waals surface area contributed by atoms with Gasteiger partial charge in [0.1, 0.15) is 0 Å². The lowest BCUT2D eigenvalue weighted by Gasteiger charge is -2.10. The Morgan fingerprint density at radius 1 is 0.630 bits per heavy atom. The zero-order valence-corrected chi connectivity index (χ0v) is 15.0. The lowest BCUT2D eigenvalue weighted by molar-refractivity contribution is 0.507. The summed E-state index contributed by atoms with van der Waals surface area (Å²) in [6.07, 6.45) is 4.36. The van der Waals surface area contributed by atoms with Gasteiger partial charge in [-0.1, -0.05) is 62.2 Å². The minimum absolute atomic E-state index is 0.0862. The fourth-order valence-electron chi connectivity index (χ4n) is 3.09. The molecule has 0 fully saturated rings. The van der Waals surface area contributed by atoms with Gasteiger partial charge in [-0.3, -0.25) is 0 Å². The number of aryl methyl sites for hydroxylation is 1. The van der Waals surface area contributed by atoms with Crippen LogP contribution in [0.1, 0.15) is 31.7 Å². The fourth-order valence-corrected chi connectivity index (χ4v) is 3.09. The molecule has 27 heavy (non-hydrogen) atoms. The first kappa shape index (κ1) is 19.2. The van der Waals surface area contributed by atoms with Gasteiger partial charge >= 0.3 is 0 Å². The van der Waals surface area contributed by atoms with Gasteiger partial charge in [0.2, 0.25) is 0 Å². The van der Waals surface area contributed by atoms with Crippen LogP contribution in [-0.2, 0) is 6.42 Å². The van der Waals surface area contributed by atoms with Gasteiger partial charge in [0.05, 0.1) is 0 Å². The van der Waals surface area contributed by atoms with Crippen molar-refractivity contribution in [3.63, 3.8) is 0 Å². The van der Waals surface area contributed by atoms with Gasteiger partial charge in [-0.05, 0) is 41.7 Å². The molecule has 0 amide bonds. The summed E-state index contributed by atoms with van der Waals surface area (Å²) >= 11 is 0. The Balaban J connectivity index is 1.89. The van der Waals surface area contributed by atoms with E-state index in [1.54, 1.807) is 12.1 Å². The van der Waals surface area contributed by atoms with E-state index in [0.29, 0.717) is 5.56 Å². The van der Waals surface area contributed by atoms with Crippen LogP contribution >= 0.6 is 0 Å². The van der Waals surface area contributed by atoms with E-state index < -0.39 is 23.3 Å².